The van der Waals surface area contributed by atoms with Gasteiger partial charge in [0.1, 0.15) is 13.2 Å². The molecule has 0 fully saturated rings. The molecule has 6 heteroatoms. The molecule has 0 N–H and O–H groups in total. The summed E-state index contributed by atoms with van der Waals surface area (Å²) < 4.78 is 16.8. The maximum absolute atomic E-state index is 12.9. The van der Waals surface area contributed by atoms with Crippen LogP contribution in [0.3, 0.4) is 0 Å². The highest BCUT2D eigenvalue weighted by Crippen LogP contribution is 2.15. The molecular formula is C77H122O6. The Morgan fingerprint density at radius 1 is 0.253 bits per heavy atom. The molecule has 0 aliphatic rings. The van der Waals surface area contributed by atoms with Crippen LogP contribution < -0.4 is 0 Å². The first kappa shape index (κ1) is 77.8. The molecule has 0 rings (SSSR count). The summed E-state index contributed by atoms with van der Waals surface area (Å²) in [4.78, 5) is 38.4. The van der Waals surface area contributed by atoms with Crippen molar-refractivity contribution in [1.82, 2.24) is 0 Å². The molecule has 83 heavy (non-hydrogen) atoms. The van der Waals surface area contributed by atoms with Gasteiger partial charge in [0, 0.05) is 19.3 Å². The van der Waals surface area contributed by atoms with E-state index in [0.29, 0.717) is 19.3 Å². The highest BCUT2D eigenvalue weighted by atomic mass is 16.6. The van der Waals surface area contributed by atoms with E-state index in [4.69, 9.17) is 14.2 Å². The van der Waals surface area contributed by atoms with Crippen LogP contribution in [-0.2, 0) is 28.6 Å². The molecule has 0 amide bonds. The summed E-state index contributed by atoms with van der Waals surface area (Å²) in [5, 5.41) is 0. The molecule has 0 spiro atoms. The lowest BCUT2D eigenvalue weighted by molar-refractivity contribution is -0.166. The van der Waals surface area contributed by atoms with Crippen LogP contribution in [-0.4, -0.2) is 37.2 Å². The minimum absolute atomic E-state index is 0.127. The van der Waals surface area contributed by atoms with Gasteiger partial charge in [-0.2, -0.15) is 0 Å². The SMILES string of the molecule is CC/C=C\C/C=C\C/C=C\C/C=C\C/C=C\C/C=C\CCC(=O)OC(COC(=O)CCCCC/C=C\C/C=C\C/C=C\C/C=C\C/C=C\CC)COC(=O)CCCCCCCCCCCCCC/C=C\C/C=C\C/C=C\CCCCCCC. The number of carbonyl (C=O) groups is 3. The normalized spacial score (nSPS) is 13.2. The lowest BCUT2D eigenvalue weighted by Gasteiger charge is -2.18. The molecule has 0 heterocycles. The van der Waals surface area contributed by atoms with E-state index in [1.807, 2.05) is 12.2 Å². The molecular weight excluding hydrogens is 1020 g/mol. The van der Waals surface area contributed by atoms with Crippen LogP contribution in [0.15, 0.2) is 170 Å². The van der Waals surface area contributed by atoms with E-state index in [0.717, 1.165) is 128 Å². The fourth-order valence-electron chi connectivity index (χ4n) is 8.74. The number of carbonyl (C=O) groups excluding carboxylic acids is 3. The summed E-state index contributed by atoms with van der Waals surface area (Å²) in [6, 6.07) is 0. The molecule has 466 valence electrons. The van der Waals surface area contributed by atoms with Crippen LogP contribution in [0.5, 0.6) is 0 Å². The van der Waals surface area contributed by atoms with Gasteiger partial charge < -0.3 is 14.2 Å². The Kier molecular flexibility index (Phi) is 64.9. The number of ether oxygens (including phenoxy) is 3. The third-order valence-electron chi connectivity index (χ3n) is 13.7. The maximum atomic E-state index is 12.9. The molecule has 0 bridgehead atoms. The zero-order valence-corrected chi connectivity index (χ0v) is 53.4. The number of unbranched alkanes of at least 4 members (excludes halogenated alkanes) is 20. The van der Waals surface area contributed by atoms with E-state index in [2.05, 4.69) is 179 Å². The van der Waals surface area contributed by atoms with Crippen LogP contribution in [0.25, 0.3) is 0 Å². The average Bonchev–Trinajstić information content (AvgIpc) is 3.50. The van der Waals surface area contributed by atoms with Gasteiger partial charge in [0.15, 0.2) is 6.10 Å². The van der Waals surface area contributed by atoms with E-state index in [1.54, 1.807) is 0 Å². The van der Waals surface area contributed by atoms with Crippen molar-refractivity contribution in [3.05, 3.63) is 170 Å². The van der Waals surface area contributed by atoms with Gasteiger partial charge in [-0.1, -0.05) is 287 Å². The summed E-state index contributed by atoms with van der Waals surface area (Å²) in [6.45, 7) is 6.31. The summed E-state index contributed by atoms with van der Waals surface area (Å²) in [5.74, 6) is -1.05. The minimum Gasteiger partial charge on any atom is -0.462 e. The molecule has 0 saturated carbocycles. The Balaban J connectivity index is 4.51. The zero-order valence-electron chi connectivity index (χ0n) is 53.4. The molecule has 6 nitrogen and oxygen atoms in total. The number of hydrogen-bond donors (Lipinski definition) is 0. The molecule has 0 aromatic heterocycles. The Hall–Kier alpha value is -5.23. The molecule has 0 aliphatic carbocycles. The topological polar surface area (TPSA) is 78.9 Å². The van der Waals surface area contributed by atoms with Crippen molar-refractivity contribution in [2.24, 2.45) is 0 Å². The standard InChI is InChI=1S/C77H122O6/c1-4-7-10-13-16-19-22-25-28-31-34-35-36-37-38-39-40-41-44-46-49-52-55-58-61-64-67-70-76(79)82-73-74(83-77(80)71-68-65-62-59-56-53-50-47-43-33-30-27-24-21-18-15-12-9-6-3)72-81-75(78)69-66-63-60-57-54-51-48-45-42-32-29-26-23-20-17-14-11-8-5-2/h8-9,11-12,17-18,20-22,25-27,29-31,34,36-37,42-43,45,47,51,53-54,56,62,65,74H,4-7,10,13-16,19,23-24,28,32-33,35,38-41,44,46,48-50,52,55,57-61,63-64,66-73H2,1-3H3/b11-8-,12-9-,20-17-,21-18-,25-22-,29-26-,30-27-,34-31-,37-36-,45-42-,47-43-,54-51-,56-53-,65-62-. The van der Waals surface area contributed by atoms with E-state index in [-0.39, 0.29) is 31.6 Å². The van der Waals surface area contributed by atoms with Crippen LogP contribution in [0.2, 0.25) is 0 Å². The maximum Gasteiger partial charge on any atom is 0.306 e. The van der Waals surface area contributed by atoms with Crippen molar-refractivity contribution in [2.75, 3.05) is 13.2 Å². The molecule has 0 aromatic carbocycles. The van der Waals surface area contributed by atoms with Crippen LogP contribution >= 0.6 is 0 Å². The van der Waals surface area contributed by atoms with Crippen molar-refractivity contribution in [1.29, 1.82) is 0 Å². The molecule has 0 radical (unpaired) electrons. The molecule has 0 saturated heterocycles. The van der Waals surface area contributed by atoms with Crippen LogP contribution in [0.4, 0.5) is 0 Å². The van der Waals surface area contributed by atoms with Gasteiger partial charge in [0.05, 0.1) is 0 Å². The lowest BCUT2D eigenvalue weighted by Crippen LogP contribution is -2.30. The summed E-state index contributed by atoms with van der Waals surface area (Å²) in [5.41, 5.74) is 0. The van der Waals surface area contributed by atoms with Gasteiger partial charge in [0.25, 0.3) is 0 Å². The fraction of sp³-hybridized carbons (Fsp3) is 0.597. The Morgan fingerprint density at radius 2 is 0.494 bits per heavy atom. The van der Waals surface area contributed by atoms with Gasteiger partial charge in [-0.15, -0.1) is 0 Å². The first-order valence-corrected chi connectivity index (χ1v) is 33.6. The smallest absolute Gasteiger partial charge is 0.306 e. The average molecular weight is 1140 g/mol. The molecule has 0 aromatic rings. The van der Waals surface area contributed by atoms with Crippen LogP contribution in [0.1, 0.15) is 278 Å². The van der Waals surface area contributed by atoms with Gasteiger partial charge in [-0.05, 0) is 141 Å². The second-order valence-electron chi connectivity index (χ2n) is 21.6. The Bertz CT molecular complexity index is 1890. The number of allylic oxidation sites excluding steroid dienone is 28. The Morgan fingerprint density at radius 3 is 0.795 bits per heavy atom. The summed E-state index contributed by atoms with van der Waals surface area (Å²) in [7, 11) is 0. The highest BCUT2D eigenvalue weighted by Gasteiger charge is 2.19. The zero-order chi connectivity index (χ0) is 59.9. The van der Waals surface area contributed by atoms with Crippen LogP contribution in [0, 0.1) is 0 Å². The largest absolute Gasteiger partial charge is 0.462 e. The minimum atomic E-state index is -0.844. The second kappa shape index (κ2) is 69.3. The first-order chi connectivity index (χ1) is 41.0. The van der Waals surface area contributed by atoms with Gasteiger partial charge in [0.2, 0.25) is 0 Å². The van der Waals surface area contributed by atoms with Crippen molar-refractivity contribution in [2.45, 2.75) is 284 Å². The third-order valence-corrected chi connectivity index (χ3v) is 13.7. The monoisotopic (exact) mass is 1140 g/mol. The number of esters is 3. The van der Waals surface area contributed by atoms with Gasteiger partial charge in [-0.3, -0.25) is 14.4 Å². The fourth-order valence-corrected chi connectivity index (χ4v) is 8.74. The van der Waals surface area contributed by atoms with Crippen molar-refractivity contribution in [3.63, 3.8) is 0 Å². The first-order valence-electron chi connectivity index (χ1n) is 33.6. The number of rotatable bonds is 59. The van der Waals surface area contributed by atoms with E-state index in [9.17, 15) is 14.4 Å². The van der Waals surface area contributed by atoms with Gasteiger partial charge >= 0.3 is 17.9 Å². The summed E-state index contributed by atoms with van der Waals surface area (Å²) >= 11 is 0. The molecule has 1 unspecified atom stereocenters. The van der Waals surface area contributed by atoms with Crippen molar-refractivity contribution < 1.29 is 28.6 Å². The Labute approximate surface area is 511 Å². The van der Waals surface area contributed by atoms with Crippen molar-refractivity contribution >= 4 is 17.9 Å². The second-order valence-corrected chi connectivity index (χ2v) is 21.6. The predicted molar refractivity (Wildman–Crippen MR) is 361 cm³/mol. The molecule has 1 atom stereocenters. The quantitative estimate of drug-likeness (QED) is 0.0261. The molecule has 0 aliphatic heterocycles. The van der Waals surface area contributed by atoms with E-state index >= 15 is 0 Å². The van der Waals surface area contributed by atoms with Gasteiger partial charge in [-0.25, -0.2) is 0 Å². The number of hydrogen-bond acceptors (Lipinski definition) is 6. The van der Waals surface area contributed by atoms with Crippen molar-refractivity contribution in [3.8, 4) is 0 Å². The van der Waals surface area contributed by atoms with E-state index in [1.165, 1.54) is 103 Å². The third kappa shape index (κ3) is 67.4. The summed E-state index contributed by atoms with van der Waals surface area (Å²) in [6.07, 6.45) is 102. The predicted octanol–water partition coefficient (Wildman–Crippen LogP) is 23.4. The highest BCUT2D eigenvalue weighted by molar-refractivity contribution is 5.71. The lowest BCUT2D eigenvalue weighted by atomic mass is 10.0. The van der Waals surface area contributed by atoms with E-state index < -0.39 is 12.1 Å².